The minimum Gasteiger partial charge on any atom is -0.435 e. The number of guanidine groups is 1. The number of nitrogens with one attached hydrogen (secondary N) is 1. The summed E-state index contributed by atoms with van der Waals surface area (Å²) < 4.78 is 28.7. The monoisotopic (exact) mass is 484 g/mol. The molecule has 0 aliphatic rings. The summed E-state index contributed by atoms with van der Waals surface area (Å²) in [5, 5.41) is 3.35. The number of hydrogen-bond donors (Lipinski definition) is 1. The quantitative estimate of drug-likeness (QED) is 0.330. The lowest BCUT2D eigenvalue weighted by atomic mass is 10.2. The van der Waals surface area contributed by atoms with Crippen LogP contribution in [0.5, 0.6) is 5.75 Å². The van der Waals surface area contributed by atoms with Gasteiger partial charge in [-0.1, -0.05) is 19.1 Å². The molecule has 5 nitrogen and oxygen atoms in total. The van der Waals surface area contributed by atoms with E-state index in [-0.39, 0.29) is 29.7 Å². The third-order valence-electron chi connectivity index (χ3n) is 4.23. The molecule has 0 radical (unpaired) electrons. The van der Waals surface area contributed by atoms with Crippen LogP contribution in [-0.4, -0.2) is 62.6 Å². The molecule has 0 amide bonds. The molecule has 8 heteroatoms. The number of nitrogens with zero attached hydrogens (tertiary/aromatic N) is 3. The van der Waals surface area contributed by atoms with Crippen LogP contribution in [0.2, 0.25) is 0 Å². The molecule has 0 heterocycles. The second-order valence-corrected chi connectivity index (χ2v) is 6.09. The highest BCUT2D eigenvalue weighted by atomic mass is 127. The number of alkyl halides is 2. The molecule has 0 saturated carbocycles. The molecule has 1 aromatic rings. The summed E-state index contributed by atoms with van der Waals surface area (Å²) in [6.45, 7) is 3.95. The Balaban J connectivity index is 0.00000625. The number of likely N-dealkylation sites (N-methyl/N-ethyl adjacent to an activating group) is 1. The molecule has 0 aromatic heterocycles. The van der Waals surface area contributed by atoms with E-state index in [9.17, 15) is 8.78 Å². The van der Waals surface area contributed by atoms with Crippen molar-refractivity contribution in [3.05, 3.63) is 29.8 Å². The normalized spacial score (nSPS) is 12.7. The second-order valence-electron chi connectivity index (χ2n) is 6.09. The highest BCUT2D eigenvalue weighted by Gasteiger charge is 2.10. The Morgan fingerprint density at radius 2 is 1.85 bits per heavy atom. The standard InChI is InChI=1S/C18H30F2N4O.HI/c1-6-14(2)23(4)12-11-22-18(21-3)24(5)13-15-7-9-16(10-8-15)25-17(19)20;/h7-10,14,17H,6,11-13H2,1-5H3,(H,21,22);1H. The molecule has 1 aromatic carbocycles. The fourth-order valence-electron chi connectivity index (χ4n) is 2.39. The van der Waals surface area contributed by atoms with E-state index in [0.717, 1.165) is 31.0 Å². The van der Waals surface area contributed by atoms with Crippen molar-refractivity contribution in [1.29, 1.82) is 0 Å². The number of benzene rings is 1. The Morgan fingerprint density at radius 3 is 2.35 bits per heavy atom. The van der Waals surface area contributed by atoms with Gasteiger partial charge in [-0.25, -0.2) is 0 Å². The van der Waals surface area contributed by atoms with Gasteiger partial charge in [0.1, 0.15) is 5.75 Å². The molecule has 0 spiro atoms. The highest BCUT2D eigenvalue weighted by molar-refractivity contribution is 14.0. The maximum Gasteiger partial charge on any atom is 0.387 e. The summed E-state index contributed by atoms with van der Waals surface area (Å²) in [4.78, 5) is 8.59. The lowest BCUT2D eigenvalue weighted by Crippen LogP contribution is -2.42. The first-order valence-electron chi connectivity index (χ1n) is 8.53. The third-order valence-corrected chi connectivity index (χ3v) is 4.23. The first kappa shape index (κ1) is 24.8. The maximum absolute atomic E-state index is 12.2. The van der Waals surface area contributed by atoms with Crippen LogP contribution in [0, 0.1) is 0 Å². The zero-order valence-electron chi connectivity index (χ0n) is 16.2. The van der Waals surface area contributed by atoms with E-state index in [4.69, 9.17) is 0 Å². The molecule has 0 aliphatic carbocycles. The Kier molecular flexibility index (Phi) is 12.5. The first-order valence-corrected chi connectivity index (χ1v) is 8.53. The van der Waals surface area contributed by atoms with Crippen LogP contribution in [0.4, 0.5) is 8.78 Å². The molecular formula is C18H31F2IN4O. The van der Waals surface area contributed by atoms with Gasteiger partial charge in [0, 0.05) is 39.8 Å². The molecule has 26 heavy (non-hydrogen) atoms. The molecule has 1 N–H and O–H groups in total. The van der Waals surface area contributed by atoms with E-state index in [2.05, 4.69) is 40.8 Å². The van der Waals surface area contributed by atoms with Gasteiger partial charge in [0.2, 0.25) is 0 Å². The van der Waals surface area contributed by atoms with Crippen molar-refractivity contribution in [3.63, 3.8) is 0 Å². The minimum atomic E-state index is -2.80. The molecule has 0 saturated heterocycles. The van der Waals surface area contributed by atoms with Crippen molar-refractivity contribution in [1.82, 2.24) is 15.1 Å². The van der Waals surface area contributed by atoms with E-state index in [1.54, 1.807) is 31.3 Å². The summed E-state index contributed by atoms with van der Waals surface area (Å²) in [5.74, 6) is 0.961. The average molecular weight is 484 g/mol. The van der Waals surface area contributed by atoms with E-state index in [0.29, 0.717) is 12.6 Å². The summed E-state index contributed by atoms with van der Waals surface area (Å²) >= 11 is 0. The largest absolute Gasteiger partial charge is 0.435 e. The summed E-state index contributed by atoms with van der Waals surface area (Å²) in [5.41, 5.74) is 0.990. The van der Waals surface area contributed by atoms with Gasteiger partial charge in [0.15, 0.2) is 5.96 Å². The Hall–Kier alpha value is -1.16. The lowest BCUT2D eigenvalue weighted by molar-refractivity contribution is -0.0498. The predicted octanol–water partition coefficient (Wildman–Crippen LogP) is 3.64. The van der Waals surface area contributed by atoms with Crippen LogP contribution in [-0.2, 0) is 6.54 Å². The second kappa shape index (κ2) is 13.1. The van der Waals surface area contributed by atoms with E-state index in [1.807, 2.05) is 11.9 Å². The van der Waals surface area contributed by atoms with Crippen LogP contribution in [0.15, 0.2) is 29.3 Å². The molecule has 0 bridgehead atoms. The highest BCUT2D eigenvalue weighted by Crippen LogP contribution is 2.15. The van der Waals surface area contributed by atoms with Crippen molar-refractivity contribution >= 4 is 29.9 Å². The van der Waals surface area contributed by atoms with Crippen molar-refractivity contribution in [3.8, 4) is 5.75 Å². The van der Waals surface area contributed by atoms with E-state index in [1.165, 1.54) is 0 Å². The number of ether oxygens (including phenoxy) is 1. The van der Waals surface area contributed by atoms with Gasteiger partial charge in [-0.3, -0.25) is 4.99 Å². The predicted molar refractivity (Wildman–Crippen MR) is 114 cm³/mol. The smallest absolute Gasteiger partial charge is 0.387 e. The van der Waals surface area contributed by atoms with Gasteiger partial charge < -0.3 is 19.9 Å². The average Bonchev–Trinajstić information content (AvgIpc) is 2.58. The maximum atomic E-state index is 12.2. The van der Waals surface area contributed by atoms with E-state index < -0.39 is 6.61 Å². The molecule has 1 unspecified atom stereocenters. The summed E-state index contributed by atoms with van der Waals surface area (Å²) in [7, 11) is 5.80. The van der Waals surface area contributed by atoms with Crippen LogP contribution in [0.3, 0.4) is 0 Å². The third kappa shape index (κ3) is 8.98. The fraction of sp³-hybridized carbons (Fsp3) is 0.611. The van der Waals surface area contributed by atoms with Crippen molar-refractivity contribution in [2.24, 2.45) is 4.99 Å². The lowest BCUT2D eigenvalue weighted by Gasteiger charge is -2.26. The Morgan fingerprint density at radius 1 is 1.23 bits per heavy atom. The molecule has 1 atom stereocenters. The number of rotatable bonds is 9. The molecule has 150 valence electrons. The molecular weight excluding hydrogens is 453 g/mol. The molecule has 1 rings (SSSR count). The van der Waals surface area contributed by atoms with Crippen LogP contribution in [0.25, 0.3) is 0 Å². The van der Waals surface area contributed by atoms with Crippen molar-refractivity contribution in [2.75, 3.05) is 34.2 Å². The number of aliphatic imine (C=N–C) groups is 1. The van der Waals surface area contributed by atoms with Gasteiger partial charge in [-0.05, 0) is 38.1 Å². The van der Waals surface area contributed by atoms with Gasteiger partial charge in [-0.15, -0.1) is 24.0 Å². The minimum absolute atomic E-state index is 0. The summed E-state index contributed by atoms with van der Waals surface area (Å²) in [6.07, 6.45) is 1.12. The van der Waals surface area contributed by atoms with Crippen molar-refractivity contribution < 1.29 is 13.5 Å². The number of hydrogen-bond acceptors (Lipinski definition) is 3. The number of halogens is 3. The van der Waals surface area contributed by atoms with Crippen LogP contribution in [0.1, 0.15) is 25.8 Å². The fourth-order valence-corrected chi connectivity index (χ4v) is 2.39. The topological polar surface area (TPSA) is 40.1 Å². The summed E-state index contributed by atoms with van der Waals surface area (Å²) in [6, 6.07) is 7.20. The van der Waals surface area contributed by atoms with Gasteiger partial charge in [-0.2, -0.15) is 8.78 Å². The molecule has 0 fully saturated rings. The van der Waals surface area contributed by atoms with Crippen LogP contribution >= 0.6 is 24.0 Å². The molecule has 0 aliphatic heterocycles. The SMILES string of the molecule is CCC(C)N(C)CCNC(=NC)N(C)Cc1ccc(OC(F)F)cc1.I. The zero-order chi connectivity index (χ0) is 18.8. The van der Waals surface area contributed by atoms with Crippen LogP contribution < -0.4 is 10.1 Å². The van der Waals surface area contributed by atoms with Gasteiger partial charge in [0.05, 0.1) is 0 Å². The van der Waals surface area contributed by atoms with Crippen molar-refractivity contribution in [2.45, 2.75) is 39.5 Å². The Bertz CT molecular complexity index is 528. The zero-order valence-corrected chi connectivity index (χ0v) is 18.5. The Labute approximate surface area is 172 Å². The van der Waals surface area contributed by atoms with Gasteiger partial charge >= 0.3 is 6.61 Å². The van der Waals surface area contributed by atoms with E-state index >= 15 is 0 Å². The first-order chi connectivity index (χ1) is 11.9. The van der Waals surface area contributed by atoms with Gasteiger partial charge in [0.25, 0.3) is 0 Å².